The zero-order valence-electron chi connectivity index (χ0n) is 12.9. The Morgan fingerprint density at radius 2 is 2.13 bits per heavy atom. The lowest BCUT2D eigenvalue weighted by Gasteiger charge is -2.27. The minimum Gasteiger partial charge on any atom is -0.506 e. The maximum Gasteiger partial charge on any atom is 0.142 e. The van der Waals surface area contributed by atoms with Gasteiger partial charge in [0, 0.05) is 40.5 Å². The van der Waals surface area contributed by atoms with E-state index in [1.54, 1.807) is 13.1 Å². The van der Waals surface area contributed by atoms with Crippen LogP contribution in [-0.2, 0) is 13.0 Å². The molecule has 4 N–H and O–H groups in total. The van der Waals surface area contributed by atoms with Gasteiger partial charge in [-0.2, -0.15) is 0 Å². The van der Waals surface area contributed by atoms with E-state index in [-0.39, 0.29) is 18.4 Å². The quantitative estimate of drug-likeness (QED) is 0.585. The first-order chi connectivity index (χ1) is 11.2. The summed E-state index contributed by atoms with van der Waals surface area (Å²) in [7, 11) is 0. The summed E-state index contributed by atoms with van der Waals surface area (Å²) in [4.78, 5) is 7.64. The Kier molecular flexibility index (Phi) is 3.32. The van der Waals surface area contributed by atoms with E-state index in [0.29, 0.717) is 16.8 Å². The molecule has 1 unspecified atom stereocenters. The summed E-state index contributed by atoms with van der Waals surface area (Å²) in [5.41, 5.74) is 5.38. The van der Waals surface area contributed by atoms with E-state index in [2.05, 4.69) is 27.4 Å². The molecule has 0 saturated carbocycles. The molecule has 0 spiro atoms. The molecular formula is C18H19N3O2. The fourth-order valence-corrected chi connectivity index (χ4v) is 3.53. The Labute approximate surface area is 134 Å². The Bertz CT molecular complexity index is 885. The van der Waals surface area contributed by atoms with E-state index < -0.39 is 0 Å². The van der Waals surface area contributed by atoms with E-state index in [4.69, 9.17) is 0 Å². The van der Waals surface area contributed by atoms with Crippen LogP contribution in [0.15, 0.2) is 30.5 Å². The largest absolute Gasteiger partial charge is 0.506 e. The molecule has 2 aromatic heterocycles. The molecular weight excluding hydrogens is 290 g/mol. The summed E-state index contributed by atoms with van der Waals surface area (Å²) in [6.45, 7) is 2.45. The molecule has 4 rings (SSSR count). The fraction of sp³-hybridized carbons (Fsp3) is 0.278. The maximum absolute atomic E-state index is 10.5. The van der Waals surface area contributed by atoms with Gasteiger partial charge in [0.1, 0.15) is 5.75 Å². The van der Waals surface area contributed by atoms with Crippen molar-refractivity contribution in [3.05, 3.63) is 58.5 Å². The molecule has 0 radical (unpaired) electrons. The van der Waals surface area contributed by atoms with Gasteiger partial charge >= 0.3 is 0 Å². The van der Waals surface area contributed by atoms with Gasteiger partial charge in [-0.1, -0.05) is 18.2 Å². The van der Waals surface area contributed by atoms with Crippen molar-refractivity contribution < 1.29 is 10.2 Å². The lowest BCUT2D eigenvalue weighted by Crippen LogP contribution is -2.31. The highest BCUT2D eigenvalue weighted by molar-refractivity contribution is 5.85. The highest BCUT2D eigenvalue weighted by Gasteiger charge is 2.29. The van der Waals surface area contributed by atoms with Crippen LogP contribution in [0.1, 0.15) is 34.1 Å². The molecule has 1 aromatic carbocycles. The predicted molar refractivity (Wildman–Crippen MR) is 88.4 cm³/mol. The van der Waals surface area contributed by atoms with Crippen LogP contribution in [0.2, 0.25) is 0 Å². The second-order valence-electron chi connectivity index (χ2n) is 5.99. The Hall–Kier alpha value is -2.37. The number of H-pyrrole nitrogens is 1. The van der Waals surface area contributed by atoms with Gasteiger partial charge in [-0.25, -0.2) is 0 Å². The number of para-hydroxylation sites is 1. The van der Waals surface area contributed by atoms with Crippen LogP contribution in [0, 0.1) is 6.92 Å². The summed E-state index contributed by atoms with van der Waals surface area (Å²) < 4.78 is 0. The van der Waals surface area contributed by atoms with Crippen molar-refractivity contribution in [1.29, 1.82) is 0 Å². The van der Waals surface area contributed by atoms with Gasteiger partial charge in [0.15, 0.2) is 0 Å². The highest BCUT2D eigenvalue weighted by atomic mass is 16.3. The van der Waals surface area contributed by atoms with Crippen LogP contribution >= 0.6 is 0 Å². The molecule has 3 aromatic rings. The highest BCUT2D eigenvalue weighted by Crippen LogP contribution is 2.38. The number of aromatic nitrogens is 2. The number of fused-ring (bicyclic) bond motifs is 3. The molecule has 0 saturated heterocycles. The minimum atomic E-state index is -0.171. The van der Waals surface area contributed by atoms with Crippen molar-refractivity contribution >= 4 is 10.9 Å². The van der Waals surface area contributed by atoms with Crippen molar-refractivity contribution in [1.82, 2.24) is 15.3 Å². The smallest absolute Gasteiger partial charge is 0.142 e. The standard InChI is InChI=1S/C18H19N3O2/c1-10-18(23)15(11(9-22)8-20-10)17-16-13(6-7-19-17)12-4-2-3-5-14(12)21-16/h2-5,8,17,19,21-23H,6-7,9H2,1H3. The first-order valence-electron chi connectivity index (χ1n) is 7.81. The molecule has 0 bridgehead atoms. The van der Waals surface area contributed by atoms with Crippen LogP contribution in [0.3, 0.4) is 0 Å². The molecule has 1 atom stereocenters. The third-order valence-corrected chi connectivity index (χ3v) is 4.68. The van der Waals surface area contributed by atoms with Gasteiger partial charge in [-0.3, -0.25) is 4.98 Å². The third-order valence-electron chi connectivity index (χ3n) is 4.68. The minimum absolute atomic E-state index is 0.149. The molecule has 0 amide bonds. The summed E-state index contributed by atoms with van der Waals surface area (Å²) in [6, 6.07) is 8.07. The van der Waals surface area contributed by atoms with E-state index in [0.717, 1.165) is 24.2 Å². The van der Waals surface area contributed by atoms with Crippen molar-refractivity contribution in [3.63, 3.8) is 0 Å². The second-order valence-corrected chi connectivity index (χ2v) is 5.99. The van der Waals surface area contributed by atoms with Crippen LogP contribution < -0.4 is 5.32 Å². The maximum atomic E-state index is 10.5. The first-order valence-corrected chi connectivity index (χ1v) is 7.81. The third kappa shape index (κ3) is 2.12. The Morgan fingerprint density at radius 3 is 2.96 bits per heavy atom. The molecule has 23 heavy (non-hydrogen) atoms. The fourth-order valence-electron chi connectivity index (χ4n) is 3.53. The second kappa shape index (κ2) is 5.37. The first kappa shape index (κ1) is 14.2. The molecule has 1 aliphatic heterocycles. The topological polar surface area (TPSA) is 81.2 Å². The van der Waals surface area contributed by atoms with E-state index in [1.165, 1.54) is 10.9 Å². The summed E-state index contributed by atoms with van der Waals surface area (Å²) in [6.07, 6.45) is 2.58. The molecule has 5 heteroatoms. The van der Waals surface area contributed by atoms with Crippen LogP contribution in [-0.4, -0.2) is 26.7 Å². The lowest BCUT2D eigenvalue weighted by molar-refractivity contribution is 0.277. The average Bonchev–Trinajstić information content (AvgIpc) is 2.96. The Balaban J connectivity index is 1.95. The number of nitrogens with zero attached hydrogens (tertiary/aromatic N) is 1. The van der Waals surface area contributed by atoms with Gasteiger partial charge in [0.05, 0.1) is 18.3 Å². The van der Waals surface area contributed by atoms with Crippen molar-refractivity contribution in [2.24, 2.45) is 0 Å². The summed E-state index contributed by atoms with van der Waals surface area (Å²) >= 11 is 0. The zero-order chi connectivity index (χ0) is 16.0. The zero-order valence-corrected chi connectivity index (χ0v) is 12.9. The molecule has 0 aliphatic carbocycles. The summed E-state index contributed by atoms with van der Waals surface area (Å²) in [5, 5.41) is 24.9. The number of aromatic hydroxyl groups is 1. The summed E-state index contributed by atoms with van der Waals surface area (Å²) in [5.74, 6) is 0.153. The van der Waals surface area contributed by atoms with Gasteiger partial charge < -0.3 is 20.5 Å². The van der Waals surface area contributed by atoms with E-state index >= 15 is 0 Å². The molecule has 3 heterocycles. The number of aliphatic hydroxyl groups is 1. The van der Waals surface area contributed by atoms with Crippen LogP contribution in [0.4, 0.5) is 0 Å². The van der Waals surface area contributed by atoms with E-state index in [9.17, 15) is 10.2 Å². The van der Waals surface area contributed by atoms with Gasteiger partial charge in [0.25, 0.3) is 0 Å². The SMILES string of the molecule is Cc1ncc(CO)c(C2NCCc3c2[nH]c2ccccc32)c1O. The monoisotopic (exact) mass is 309 g/mol. The van der Waals surface area contributed by atoms with E-state index in [1.807, 2.05) is 12.1 Å². The van der Waals surface area contributed by atoms with Gasteiger partial charge in [-0.15, -0.1) is 0 Å². The number of rotatable bonds is 2. The van der Waals surface area contributed by atoms with Gasteiger partial charge in [0.2, 0.25) is 0 Å². The number of benzene rings is 1. The number of aliphatic hydroxyl groups excluding tert-OH is 1. The molecule has 5 nitrogen and oxygen atoms in total. The van der Waals surface area contributed by atoms with Crippen molar-refractivity contribution in [2.75, 3.05) is 6.54 Å². The molecule has 118 valence electrons. The number of hydrogen-bond acceptors (Lipinski definition) is 4. The van der Waals surface area contributed by atoms with Gasteiger partial charge in [-0.05, 0) is 25.0 Å². The van der Waals surface area contributed by atoms with Crippen molar-refractivity contribution in [2.45, 2.75) is 26.0 Å². The predicted octanol–water partition coefficient (Wildman–Crippen LogP) is 2.30. The average molecular weight is 309 g/mol. The lowest BCUT2D eigenvalue weighted by atomic mass is 9.91. The number of hydrogen-bond donors (Lipinski definition) is 4. The van der Waals surface area contributed by atoms with Crippen molar-refractivity contribution in [3.8, 4) is 5.75 Å². The molecule has 1 aliphatic rings. The number of aryl methyl sites for hydroxylation is 1. The normalized spacial score (nSPS) is 17.4. The number of aromatic amines is 1. The Morgan fingerprint density at radius 1 is 1.30 bits per heavy atom. The van der Waals surface area contributed by atoms with Crippen LogP contribution in [0.25, 0.3) is 10.9 Å². The number of nitrogens with one attached hydrogen (secondary N) is 2. The number of pyridine rings is 1. The van der Waals surface area contributed by atoms with Crippen LogP contribution in [0.5, 0.6) is 5.75 Å². The molecule has 0 fully saturated rings.